The van der Waals surface area contributed by atoms with Crippen LogP contribution in [0.4, 0.5) is 11.4 Å². The SMILES string of the molecule is COc1cc([N+](=O)[O-])ccc1NC(=O)C[NH+]1CCCC[C@@H]1C. The number of rotatable bonds is 5. The molecule has 0 aromatic heterocycles. The Bertz CT molecular complexity index is 562. The Labute approximate surface area is 129 Å². The highest BCUT2D eigenvalue weighted by Crippen LogP contribution is 2.28. The number of benzene rings is 1. The molecule has 1 saturated heterocycles. The van der Waals surface area contributed by atoms with Gasteiger partial charge in [-0.1, -0.05) is 0 Å². The standard InChI is InChI=1S/C15H21N3O4/c1-11-5-3-4-8-17(11)10-15(19)16-13-7-6-12(18(20)21)9-14(13)22-2/h6-7,9,11H,3-5,8,10H2,1-2H3,(H,16,19)/p+1/t11-/m0/s1. The highest BCUT2D eigenvalue weighted by molar-refractivity contribution is 5.93. The van der Waals surface area contributed by atoms with Crippen LogP contribution in [0.2, 0.25) is 0 Å². The van der Waals surface area contributed by atoms with E-state index in [1.165, 1.54) is 36.6 Å². The quantitative estimate of drug-likeness (QED) is 0.627. The fourth-order valence-corrected chi connectivity index (χ4v) is 2.81. The van der Waals surface area contributed by atoms with Crippen molar-refractivity contribution in [2.24, 2.45) is 0 Å². The second-order valence-corrected chi connectivity index (χ2v) is 5.67. The molecule has 1 aromatic carbocycles. The van der Waals surface area contributed by atoms with Crippen molar-refractivity contribution in [2.45, 2.75) is 32.2 Å². The molecule has 0 spiro atoms. The number of quaternary nitrogens is 1. The Balaban J connectivity index is 2.03. The molecule has 1 aromatic rings. The maximum absolute atomic E-state index is 12.2. The molecule has 22 heavy (non-hydrogen) atoms. The number of carbonyl (C=O) groups excluding carboxylic acids is 1. The van der Waals surface area contributed by atoms with Crippen LogP contribution in [0.1, 0.15) is 26.2 Å². The molecular weight excluding hydrogens is 286 g/mol. The Morgan fingerprint density at radius 3 is 2.91 bits per heavy atom. The van der Waals surface area contributed by atoms with Crippen molar-refractivity contribution in [1.29, 1.82) is 0 Å². The minimum Gasteiger partial charge on any atom is -0.494 e. The molecule has 1 amide bonds. The van der Waals surface area contributed by atoms with Crippen molar-refractivity contribution in [3.8, 4) is 5.75 Å². The maximum atomic E-state index is 12.2. The summed E-state index contributed by atoms with van der Waals surface area (Å²) in [6.45, 7) is 3.57. The van der Waals surface area contributed by atoms with Gasteiger partial charge in [-0.25, -0.2) is 0 Å². The van der Waals surface area contributed by atoms with Crippen LogP contribution in [0, 0.1) is 10.1 Å². The number of likely N-dealkylation sites (tertiary alicyclic amines) is 1. The van der Waals surface area contributed by atoms with Crippen LogP contribution in [0.25, 0.3) is 0 Å². The first-order valence-electron chi connectivity index (χ1n) is 7.48. The van der Waals surface area contributed by atoms with Gasteiger partial charge in [0.05, 0.1) is 36.4 Å². The summed E-state index contributed by atoms with van der Waals surface area (Å²) in [5.41, 5.74) is 0.396. The van der Waals surface area contributed by atoms with Crippen LogP contribution in [0.3, 0.4) is 0 Å². The molecule has 0 saturated carbocycles. The van der Waals surface area contributed by atoms with Crippen LogP contribution in [0.5, 0.6) is 5.75 Å². The van der Waals surface area contributed by atoms with Crippen LogP contribution < -0.4 is 15.0 Å². The molecule has 7 nitrogen and oxygen atoms in total. The van der Waals surface area contributed by atoms with E-state index in [2.05, 4.69) is 12.2 Å². The molecule has 1 aliphatic rings. The lowest BCUT2D eigenvalue weighted by Crippen LogP contribution is -3.17. The third-order valence-electron chi connectivity index (χ3n) is 4.14. The van der Waals surface area contributed by atoms with Gasteiger partial charge in [0.25, 0.3) is 11.6 Å². The molecular formula is C15H22N3O4+. The molecule has 1 aliphatic heterocycles. The number of nitrogens with zero attached hydrogens (tertiary/aromatic N) is 1. The number of piperidine rings is 1. The first-order valence-corrected chi connectivity index (χ1v) is 7.48. The van der Waals surface area contributed by atoms with Crippen molar-refractivity contribution in [1.82, 2.24) is 0 Å². The number of hydrogen-bond donors (Lipinski definition) is 2. The lowest BCUT2D eigenvalue weighted by atomic mass is 10.0. The van der Waals surface area contributed by atoms with Gasteiger partial charge in [0.15, 0.2) is 6.54 Å². The maximum Gasteiger partial charge on any atom is 0.279 e. The van der Waals surface area contributed by atoms with E-state index in [4.69, 9.17) is 4.74 Å². The fourth-order valence-electron chi connectivity index (χ4n) is 2.81. The summed E-state index contributed by atoms with van der Waals surface area (Å²) in [6, 6.07) is 4.66. The number of carbonyl (C=O) groups is 1. The van der Waals surface area contributed by atoms with Crippen molar-refractivity contribution in [3.63, 3.8) is 0 Å². The van der Waals surface area contributed by atoms with E-state index < -0.39 is 4.92 Å². The molecule has 0 bridgehead atoms. The van der Waals surface area contributed by atoms with E-state index in [1.54, 1.807) is 0 Å². The Morgan fingerprint density at radius 2 is 2.27 bits per heavy atom. The van der Waals surface area contributed by atoms with E-state index in [0.717, 1.165) is 19.4 Å². The summed E-state index contributed by atoms with van der Waals surface area (Å²) in [7, 11) is 1.42. The predicted molar refractivity (Wildman–Crippen MR) is 82.3 cm³/mol. The van der Waals surface area contributed by atoms with Gasteiger partial charge >= 0.3 is 0 Å². The van der Waals surface area contributed by atoms with Gasteiger partial charge in [-0.05, 0) is 32.3 Å². The zero-order chi connectivity index (χ0) is 16.1. The molecule has 7 heteroatoms. The highest BCUT2D eigenvalue weighted by Gasteiger charge is 2.24. The van der Waals surface area contributed by atoms with Gasteiger partial charge in [-0.15, -0.1) is 0 Å². The Kier molecular flexibility index (Phi) is 5.32. The molecule has 1 heterocycles. The topological polar surface area (TPSA) is 85.9 Å². The molecule has 0 radical (unpaired) electrons. The van der Waals surface area contributed by atoms with E-state index in [0.29, 0.717) is 24.0 Å². The smallest absolute Gasteiger partial charge is 0.279 e. The molecule has 2 rings (SSSR count). The molecule has 0 aliphatic carbocycles. The van der Waals surface area contributed by atoms with Crippen molar-refractivity contribution in [3.05, 3.63) is 28.3 Å². The summed E-state index contributed by atoms with van der Waals surface area (Å²) in [6.07, 6.45) is 3.51. The number of nitro groups is 1. The fraction of sp³-hybridized carbons (Fsp3) is 0.533. The number of hydrogen-bond acceptors (Lipinski definition) is 4. The Morgan fingerprint density at radius 1 is 1.50 bits per heavy atom. The highest BCUT2D eigenvalue weighted by atomic mass is 16.6. The number of methoxy groups -OCH3 is 1. The summed E-state index contributed by atoms with van der Waals surface area (Å²) in [5, 5.41) is 13.5. The number of ether oxygens (including phenoxy) is 1. The lowest BCUT2D eigenvalue weighted by Gasteiger charge is -2.29. The molecule has 1 fully saturated rings. The second-order valence-electron chi connectivity index (χ2n) is 5.67. The monoisotopic (exact) mass is 308 g/mol. The zero-order valence-electron chi connectivity index (χ0n) is 12.9. The van der Waals surface area contributed by atoms with Gasteiger partial charge in [0, 0.05) is 6.07 Å². The number of nitrogens with one attached hydrogen (secondary N) is 2. The molecule has 1 unspecified atom stereocenters. The molecule has 2 atom stereocenters. The van der Waals surface area contributed by atoms with Gasteiger partial charge in [0.2, 0.25) is 0 Å². The van der Waals surface area contributed by atoms with E-state index in [1.807, 2.05) is 0 Å². The van der Waals surface area contributed by atoms with Gasteiger partial charge in [-0.3, -0.25) is 14.9 Å². The third kappa shape index (κ3) is 3.94. The normalized spacial score (nSPS) is 21.2. The van der Waals surface area contributed by atoms with Crippen LogP contribution in [0.15, 0.2) is 18.2 Å². The first-order chi connectivity index (χ1) is 10.5. The summed E-state index contributed by atoms with van der Waals surface area (Å²) in [5.74, 6) is 0.195. The first kappa shape index (κ1) is 16.2. The van der Waals surface area contributed by atoms with Crippen LogP contribution in [-0.4, -0.2) is 37.1 Å². The largest absolute Gasteiger partial charge is 0.494 e. The molecule has 120 valence electrons. The molecule has 2 N–H and O–H groups in total. The number of anilines is 1. The average Bonchev–Trinajstić information content (AvgIpc) is 2.49. The Hall–Kier alpha value is -2.15. The van der Waals surface area contributed by atoms with Crippen LogP contribution >= 0.6 is 0 Å². The van der Waals surface area contributed by atoms with Gasteiger partial charge < -0.3 is 15.0 Å². The van der Waals surface area contributed by atoms with Crippen molar-refractivity contribution < 1.29 is 19.4 Å². The van der Waals surface area contributed by atoms with Crippen molar-refractivity contribution in [2.75, 3.05) is 25.5 Å². The lowest BCUT2D eigenvalue weighted by molar-refractivity contribution is -0.920. The second kappa shape index (κ2) is 7.22. The van der Waals surface area contributed by atoms with E-state index >= 15 is 0 Å². The van der Waals surface area contributed by atoms with Gasteiger partial charge in [0.1, 0.15) is 5.75 Å². The number of non-ortho nitro benzene ring substituents is 1. The average molecular weight is 308 g/mol. The van der Waals surface area contributed by atoms with Gasteiger partial charge in [-0.2, -0.15) is 0 Å². The minimum atomic E-state index is -0.492. The number of amides is 1. The number of nitro benzene ring substituents is 1. The summed E-state index contributed by atoms with van der Waals surface area (Å²) >= 11 is 0. The minimum absolute atomic E-state index is 0.0647. The van der Waals surface area contributed by atoms with E-state index in [-0.39, 0.29) is 11.6 Å². The summed E-state index contributed by atoms with van der Waals surface area (Å²) in [4.78, 5) is 23.7. The zero-order valence-corrected chi connectivity index (χ0v) is 12.9. The predicted octanol–water partition coefficient (Wildman–Crippen LogP) is 0.999. The van der Waals surface area contributed by atoms with E-state index in [9.17, 15) is 14.9 Å². The van der Waals surface area contributed by atoms with Crippen molar-refractivity contribution >= 4 is 17.3 Å². The summed E-state index contributed by atoms with van der Waals surface area (Å²) < 4.78 is 5.12. The van der Waals surface area contributed by atoms with Crippen LogP contribution in [-0.2, 0) is 4.79 Å². The third-order valence-corrected chi connectivity index (χ3v) is 4.14.